The largest absolute Gasteiger partial charge is 0.330 e. The summed E-state index contributed by atoms with van der Waals surface area (Å²) in [5.74, 6) is 0.738. The molecule has 1 amide bonds. The van der Waals surface area contributed by atoms with Gasteiger partial charge in [0.15, 0.2) is 16.3 Å². The maximum absolute atomic E-state index is 12.6. The first-order valence-electron chi connectivity index (χ1n) is 10.7. The van der Waals surface area contributed by atoms with Gasteiger partial charge in [-0.05, 0) is 26.2 Å². The van der Waals surface area contributed by atoms with Crippen LogP contribution >= 0.6 is 11.3 Å². The smallest absolute Gasteiger partial charge is 0.322 e. The van der Waals surface area contributed by atoms with E-state index in [2.05, 4.69) is 34.1 Å². The Hall–Kier alpha value is -2.75. The Morgan fingerprint density at radius 3 is 2.55 bits per heavy atom. The number of H-pyrrole nitrogens is 1. The van der Waals surface area contributed by atoms with Gasteiger partial charge in [0.2, 0.25) is 5.91 Å². The van der Waals surface area contributed by atoms with Gasteiger partial charge in [0.1, 0.15) is 5.82 Å². The van der Waals surface area contributed by atoms with Crippen molar-refractivity contribution in [3.63, 3.8) is 0 Å². The average Bonchev–Trinajstić information content (AvgIpc) is 3.19. The number of rotatable bonds is 9. The lowest BCUT2D eigenvalue weighted by atomic mass is 10.2. The van der Waals surface area contributed by atoms with Gasteiger partial charge in [0.25, 0.3) is 5.56 Å². The molecule has 3 aromatic heterocycles. The van der Waals surface area contributed by atoms with E-state index >= 15 is 0 Å². The Labute approximate surface area is 184 Å². The third-order valence-electron chi connectivity index (χ3n) is 5.10. The minimum atomic E-state index is -0.445. The zero-order chi connectivity index (χ0) is 22.7. The lowest BCUT2D eigenvalue weighted by Crippen LogP contribution is -2.31. The maximum Gasteiger partial charge on any atom is 0.330 e. The van der Waals surface area contributed by atoms with Crippen LogP contribution in [0.1, 0.15) is 56.4 Å². The fourth-order valence-corrected chi connectivity index (χ4v) is 4.26. The summed E-state index contributed by atoms with van der Waals surface area (Å²) in [6.07, 6.45) is 2.29. The summed E-state index contributed by atoms with van der Waals surface area (Å²) in [7, 11) is 0. The monoisotopic (exact) mass is 446 g/mol. The minimum absolute atomic E-state index is 0.158. The normalized spacial score (nSPS) is 11.5. The predicted molar refractivity (Wildman–Crippen MR) is 123 cm³/mol. The number of amides is 1. The highest BCUT2D eigenvalue weighted by atomic mass is 32.1. The van der Waals surface area contributed by atoms with Gasteiger partial charge < -0.3 is 9.88 Å². The molecule has 0 saturated heterocycles. The second-order valence-corrected chi connectivity index (χ2v) is 9.38. The SMILES string of the molecule is CCCCn1c(=O)[nH]c(=O)c2c1nc(CCC(=O)Nc1nc(C)c(C)s1)n2CC(C)C. The molecular weight excluding hydrogens is 416 g/mol. The van der Waals surface area contributed by atoms with Gasteiger partial charge in [-0.15, -0.1) is 11.3 Å². The number of imidazole rings is 1. The summed E-state index contributed by atoms with van der Waals surface area (Å²) in [6, 6.07) is 0. The van der Waals surface area contributed by atoms with E-state index in [-0.39, 0.29) is 18.2 Å². The van der Waals surface area contributed by atoms with Crippen molar-refractivity contribution in [1.29, 1.82) is 0 Å². The number of aryl methyl sites for hydroxylation is 4. The Kier molecular flexibility index (Phi) is 7.09. The first-order chi connectivity index (χ1) is 14.7. The summed E-state index contributed by atoms with van der Waals surface area (Å²) in [4.78, 5) is 50.0. The van der Waals surface area contributed by atoms with Gasteiger partial charge in [-0.3, -0.25) is 19.1 Å². The second-order valence-electron chi connectivity index (χ2n) is 8.18. The van der Waals surface area contributed by atoms with Crippen molar-refractivity contribution in [1.82, 2.24) is 24.1 Å². The number of nitrogens with one attached hydrogen (secondary N) is 2. The molecule has 2 N–H and O–H groups in total. The fraction of sp³-hybridized carbons (Fsp3) is 0.571. The Bertz CT molecular complexity index is 1180. The topological polar surface area (TPSA) is 115 Å². The third-order valence-corrected chi connectivity index (χ3v) is 6.09. The first kappa shape index (κ1) is 22.9. The molecule has 3 rings (SSSR count). The van der Waals surface area contributed by atoms with E-state index in [1.165, 1.54) is 15.9 Å². The summed E-state index contributed by atoms with van der Waals surface area (Å²) in [6.45, 7) is 11.1. The van der Waals surface area contributed by atoms with Crippen molar-refractivity contribution >= 4 is 33.5 Å². The number of hydrogen-bond acceptors (Lipinski definition) is 6. The molecule has 0 aromatic carbocycles. The standard InChI is InChI=1S/C21H30N6O3S/c1-6-7-10-26-18-17(19(29)25-21(26)30)27(11-12(2)3)15(23-18)8-9-16(28)24-20-22-13(4)14(5)31-20/h12H,6-11H2,1-5H3,(H,22,24,28)(H,25,29,30). The molecule has 9 nitrogen and oxygen atoms in total. The van der Waals surface area contributed by atoms with Crippen molar-refractivity contribution in [2.24, 2.45) is 5.92 Å². The molecule has 0 saturated carbocycles. The Morgan fingerprint density at radius 2 is 1.94 bits per heavy atom. The number of aromatic nitrogens is 5. The number of unbranched alkanes of at least 4 members (excludes halogenated alkanes) is 1. The molecule has 10 heteroatoms. The van der Waals surface area contributed by atoms with Crippen LogP contribution in [0.4, 0.5) is 5.13 Å². The number of fused-ring (bicyclic) bond motifs is 1. The van der Waals surface area contributed by atoms with Crippen LogP contribution in [0.2, 0.25) is 0 Å². The fourth-order valence-electron chi connectivity index (χ4n) is 3.43. The van der Waals surface area contributed by atoms with Crippen molar-refractivity contribution in [3.05, 3.63) is 37.2 Å². The van der Waals surface area contributed by atoms with E-state index in [4.69, 9.17) is 0 Å². The van der Waals surface area contributed by atoms with Crippen LogP contribution in [0, 0.1) is 19.8 Å². The number of carbonyl (C=O) groups excluding carboxylic acids is 1. The van der Waals surface area contributed by atoms with E-state index in [0.717, 1.165) is 23.4 Å². The van der Waals surface area contributed by atoms with Crippen LogP contribution < -0.4 is 16.6 Å². The number of carbonyl (C=O) groups is 1. The number of aromatic amines is 1. The molecule has 0 fully saturated rings. The van der Waals surface area contributed by atoms with Gasteiger partial charge in [0, 0.05) is 30.8 Å². The van der Waals surface area contributed by atoms with Gasteiger partial charge in [-0.2, -0.15) is 0 Å². The predicted octanol–water partition coefficient (Wildman–Crippen LogP) is 2.99. The molecular formula is C21H30N6O3S. The van der Waals surface area contributed by atoms with Crippen LogP contribution in [-0.4, -0.2) is 30.0 Å². The molecule has 0 unspecified atom stereocenters. The van der Waals surface area contributed by atoms with Crippen LogP contribution in [-0.2, 0) is 24.3 Å². The molecule has 31 heavy (non-hydrogen) atoms. The third kappa shape index (κ3) is 5.12. The lowest BCUT2D eigenvalue weighted by molar-refractivity contribution is -0.116. The molecule has 3 heterocycles. The summed E-state index contributed by atoms with van der Waals surface area (Å²) < 4.78 is 3.38. The minimum Gasteiger partial charge on any atom is -0.322 e. The highest BCUT2D eigenvalue weighted by Gasteiger charge is 2.20. The van der Waals surface area contributed by atoms with Crippen LogP contribution in [0.3, 0.4) is 0 Å². The highest BCUT2D eigenvalue weighted by Crippen LogP contribution is 2.21. The van der Waals surface area contributed by atoms with E-state index < -0.39 is 11.2 Å². The second kappa shape index (κ2) is 9.59. The van der Waals surface area contributed by atoms with E-state index in [1.807, 2.05) is 25.3 Å². The van der Waals surface area contributed by atoms with E-state index in [0.29, 0.717) is 41.6 Å². The van der Waals surface area contributed by atoms with Crippen molar-refractivity contribution in [2.45, 2.75) is 73.4 Å². The summed E-state index contributed by atoms with van der Waals surface area (Å²) in [5.41, 5.74) is 0.808. The molecule has 168 valence electrons. The summed E-state index contributed by atoms with van der Waals surface area (Å²) in [5, 5.41) is 3.42. The molecule has 3 aromatic rings. The maximum atomic E-state index is 12.6. The van der Waals surface area contributed by atoms with Gasteiger partial charge in [-0.25, -0.2) is 14.8 Å². The Balaban J connectivity index is 1.92. The Morgan fingerprint density at radius 1 is 1.19 bits per heavy atom. The van der Waals surface area contributed by atoms with Crippen LogP contribution in [0.5, 0.6) is 0 Å². The van der Waals surface area contributed by atoms with Crippen LogP contribution in [0.15, 0.2) is 9.59 Å². The van der Waals surface area contributed by atoms with Crippen LogP contribution in [0.25, 0.3) is 11.2 Å². The molecule has 0 radical (unpaired) electrons. The van der Waals surface area contributed by atoms with E-state index in [1.54, 1.807) is 0 Å². The van der Waals surface area contributed by atoms with Gasteiger partial charge in [-0.1, -0.05) is 27.2 Å². The lowest BCUT2D eigenvalue weighted by Gasteiger charge is -2.11. The zero-order valence-electron chi connectivity index (χ0n) is 18.7. The van der Waals surface area contributed by atoms with Crippen molar-refractivity contribution in [2.75, 3.05) is 5.32 Å². The zero-order valence-corrected chi connectivity index (χ0v) is 19.6. The number of anilines is 1. The summed E-state index contributed by atoms with van der Waals surface area (Å²) >= 11 is 1.45. The molecule has 0 spiro atoms. The first-order valence-corrected chi connectivity index (χ1v) is 11.5. The van der Waals surface area contributed by atoms with Crippen molar-refractivity contribution < 1.29 is 4.79 Å². The molecule has 0 bridgehead atoms. The molecule has 0 atom stereocenters. The van der Waals surface area contributed by atoms with Gasteiger partial charge in [0.05, 0.1) is 5.69 Å². The molecule has 0 aliphatic heterocycles. The van der Waals surface area contributed by atoms with E-state index in [9.17, 15) is 14.4 Å². The number of nitrogens with zero attached hydrogens (tertiary/aromatic N) is 4. The average molecular weight is 447 g/mol. The molecule has 0 aliphatic rings. The number of hydrogen-bond donors (Lipinski definition) is 2. The number of thiazole rings is 1. The molecule has 0 aliphatic carbocycles. The quantitative estimate of drug-likeness (QED) is 0.524. The highest BCUT2D eigenvalue weighted by molar-refractivity contribution is 7.15. The van der Waals surface area contributed by atoms with Gasteiger partial charge >= 0.3 is 5.69 Å². The van der Waals surface area contributed by atoms with Crippen molar-refractivity contribution in [3.8, 4) is 0 Å².